The van der Waals surface area contributed by atoms with Crippen LogP contribution in [0.1, 0.15) is 167 Å². The number of fused-ring (bicyclic) bond motifs is 8. The third kappa shape index (κ3) is 7.86. The van der Waals surface area contributed by atoms with Gasteiger partial charge >= 0.3 is 0 Å². The van der Waals surface area contributed by atoms with Crippen LogP contribution in [0.4, 0.5) is 51.2 Å². The zero-order valence-corrected chi connectivity index (χ0v) is 48.7. The Hall–Kier alpha value is -6.04. The van der Waals surface area contributed by atoms with Crippen LogP contribution in [-0.2, 0) is 32.5 Å². The monoisotopic (exact) mass is 1000 g/mol. The standard InChI is InChI=1S/C70H78BN3S/c1-43-21-17-19-23-56(43)73(57-24-20-18-22-44(57)2)49-39-59-62-60(40-49)74(47-28-25-45(26-29-47)65(3,4)5)63-50-37-46(66(6,7)8)27-32-61(50)75-64(63)71(62)55-41-53-54(70(15,16)36-35-69(53,13)14)42-58(55)72(59)48-30-31-51-52(38-48)68(11,12)34-33-67(51,9)10/h17-32,37-42H,33-36H2,1-16H3. The van der Waals surface area contributed by atoms with Crippen LogP contribution in [0, 0.1) is 13.8 Å². The predicted octanol–water partition coefficient (Wildman–Crippen LogP) is 18.4. The smallest absolute Gasteiger partial charge is 0.264 e. The molecule has 3 nitrogen and oxygen atoms in total. The second-order valence-electron chi connectivity index (χ2n) is 27.7. The molecule has 5 heteroatoms. The predicted molar refractivity (Wildman–Crippen MR) is 328 cm³/mol. The van der Waals surface area contributed by atoms with Crippen molar-refractivity contribution in [2.75, 3.05) is 14.7 Å². The lowest BCUT2D eigenvalue weighted by Crippen LogP contribution is -2.61. The molecular weight excluding hydrogens is 926 g/mol. The van der Waals surface area contributed by atoms with Gasteiger partial charge in [-0.25, -0.2) is 0 Å². The van der Waals surface area contributed by atoms with E-state index in [-0.39, 0.29) is 39.2 Å². The minimum absolute atomic E-state index is 0.00426. The molecule has 0 radical (unpaired) electrons. The number of aryl methyl sites for hydroxylation is 2. The molecular formula is C70H78BN3S. The topological polar surface area (TPSA) is 9.72 Å². The van der Waals surface area contributed by atoms with Gasteiger partial charge in [0, 0.05) is 54.7 Å². The summed E-state index contributed by atoms with van der Waals surface area (Å²) in [6, 6.07) is 53.0. The van der Waals surface area contributed by atoms with Crippen LogP contribution in [0.15, 0.2) is 133 Å². The van der Waals surface area contributed by atoms with Crippen molar-refractivity contribution < 1.29 is 0 Å². The summed E-state index contributed by atoms with van der Waals surface area (Å²) in [4.78, 5) is 7.97. The van der Waals surface area contributed by atoms with Crippen LogP contribution in [0.3, 0.4) is 0 Å². The van der Waals surface area contributed by atoms with Gasteiger partial charge in [0.15, 0.2) is 0 Å². The van der Waals surface area contributed by atoms with E-state index in [0.717, 1.165) is 24.9 Å². The largest absolute Gasteiger partial charge is 0.311 e. The molecule has 7 aromatic carbocycles. The third-order valence-corrected chi connectivity index (χ3v) is 19.8. The van der Waals surface area contributed by atoms with Crippen LogP contribution in [0.2, 0.25) is 0 Å². The quantitative estimate of drug-likeness (QED) is 0.159. The third-order valence-electron chi connectivity index (χ3n) is 18.5. The van der Waals surface area contributed by atoms with Gasteiger partial charge < -0.3 is 14.7 Å². The number of thiophene rings is 1. The van der Waals surface area contributed by atoms with Crippen molar-refractivity contribution in [3.05, 3.63) is 178 Å². The average molecular weight is 1000 g/mol. The van der Waals surface area contributed by atoms with E-state index in [0.29, 0.717) is 0 Å². The highest BCUT2D eigenvalue weighted by molar-refractivity contribution is 7.33. The van der Waals surface area contributed by atoms with E-state index < -0.39 is 0 Å². The lowest BCUT2D eigenvalue weighted by Gasteiger charge is -2.48. The zero-order valence-electron chi connectivity index (χ0n) is 47.9. The second kappa shape index (κ2) is 16.7. The highest BCUT2D eigenvalue weighted by Gasteiger charge is 2.49. The summed E-state index contributed by atoms with van der Waals surface area (Å²) >= 11 is 2.02. The van der Waals surface area contributed by atoms with Crippen molar-refractivity contribution in [2.45, 2.75) is 169 Å². The summed E-state index contributed by atoms with van der Waals surface area (Å²) in [5, 5.41) is 1.33. The first-order valence-corrected chi connectivity index (χ1v) is 28.8. The Kier molecular flexibility index (Phi) is 11.1. The highest BCUT2D eigenvalue weighted by atomic mass is 32.1. The number of hydrogen-bond acceptors (Lipinski definition) is 4. The van der Waals surface area contributed by atoms with E-state index in [9.17, 15) is 0 Å². The summed E-state index contributed by atoms with van der Waals surface area (Å²) < 4.78 is 2.76. The number of para-hydroxylation sites is 2. The Labute approximate surface area is 454 Å². The van der Waals surface area contributed by atoms with E-state index in [1.165, 1.54) is 122 Å². The molecule has 0 amide bonds. The van der Waals surface area contributed by atoms with E-state index in [1.807, 2.05) is 11.3 Å². The van der Waals surface area contributed by atoms with E-state index in [1.54, 1.807) is 0 Å². The lowest BCUT2D eigenvalue weighted by molar-refractivity contribution is 0.332. The molecule has 75 heavy (non-hydrogen) atoms. The molecule has 0 atom stereocenters. The molecule has 382 valence electrons. The Bertz CT molecular complexity index is 3580. The first-order chi connectivity index (χ1) is 35.2. The number of anilines is 9. The molecule has 0 spiro atoms. The SMILES string of the molecule is Cc1ccccc1N(c1cc2c3c(c1)N(c1ccc(C(C)(C)C)cc1)c1c(sc4ccc(C(C)(C)C)cc14)B3c1cc3c(cc1N2c1ccc2c(c1)C(C)(C)CCC2(C)C)C(C)(C)CCC3(C)C)c1ccccc1C. The van der Waals surface area contributed by atoms with Gasteiger partial charge in [-0.15, -0.1) is 11.3 Å². The van der Waals surface area contributed by atoms with Gasteiger partial charge in [-0.2, -0.15) is 0 Å². The molecule has 3 heterocycles. The fourth-order valence-electron chi connectivity index (χ4n) is 13.5. The Morgan fingerprint density at radius 2 is 0.973 bits per heavy atom. The van der Waals surface area contributed by atoms with Gasteiger partial charge in [0.05, 0.1) is 11.4 Å². The normalized spacial score (nSPS) is 17.7. The van der Waals surface area contributed by atoms with Crippen LogP contribution in [0.25, 0.3) is 10.1 Å². The Morgan fingerprint density at radius 3 is 1.53 bits per heavy atom. The molecule has 0 saturated heterocycles. The molecule has 2 aliphatic heterocycles. The Morgan fingerprint density at radius 1 is 0.480 bits per heavy atom. The van der Waals surface area contributed by atoms with Crippen LogP contribution >= 0.6 is 11.3 Å². The van der Waals surface area contributed by atoms with Gasteiger partial charge in [-0.05, 0) is 194 Å². The fourth-order valence-corrected chi connectivity index (χ4v) is 14.8. The molecule has 2 aliphatic carbocycles. The van der Waals surface area contributed by atoms with Crippen molar-refractivity contribution in [1.82, 2.24) is 0 Å². The van der Waals surface area contributed by atoms with Crippen LogP contribution < -0.4 is 30.4 Å². The molecule has 12 rings (SSSR count). The van der Waals surface area contributed by atoms with Crippen LogP contribution in [0.5, 0.6) is 0 Å². The van der Waals surface area contributed by atoms with Crippen molar-refractivity contribution >= 4 is 95.0 Å². The maximum Gasteiger partial charge on any atom is 0.264 e. The molecule has 1 aromatic heterocycles. The first kappa shape index (κ1) is 49.8. The minimum Gasteiger partial charge on any atom is -0.311 e. The lowest BCUT2D eigenvalue weighted by atomic mass is 9.35. The summed E-state index contributed by atoms with van der Waals surface area (Å²) in [5.74, 6) is 0. The maximum atomic E-state index is 2.73. The molecule has 8 aromatic rings. The molecule has 0 bridgehead atoms. The van der Waals surface area contributed by atoms with Gasteiger partial charge in [0.1, 0.15) is 0 Å². The van der Waals surface area contributed by atoms with E-state index in [2.05, 4.69) is 259 Å². The highest BCUT2D eigenvalue weighted by Crippen LogP contribution is 2.55. The second-order valence-corrected chi connectivity index (χ2v) is 28.8. The number of nitrogens with zero attached hydrogens (tertiary/aromatic N) is 3. The van der Waals surface area contributed by atoms with Gasteiger partial charge in [0.2, 0.25) is 0 Å². The van der Waals surface area contributed by atoms with Crippen molar-refractivity contribution in [1.29, 1.82) is 0 Å². The van der Waals surface area contributed by atoms with Gasteiger partial charge in [0.25, 0.3) is 6.71 Å². The minimum atomic E-state index is -0.0231. The van der Waals surface area contributed by atoms with Gasteiger partial charge in [-0.3, -0.25) is 0 Å². The van der Waals surface area contributed by atoms with Crippen molar-refractivity contribution in [3.63, 3.8) is 0 Å². The summed E-state index contributed by atoms with van der Waals surface area (Å²) in [5.41, 5.74) is 25.1. The number of hydrogen-bond donors (Lipinski definition) is 0. The first-order valence-electron chi connectivity index (χ1n) is 28.0. The fraction of sp³-hybridized carbons (Fsp3) is 0.371. The molecule has 0 fully saturated rings. The molecule has 0 N–H and O–H groups in total. The van der Waals surface area contributed by atoms with Crippen molar-refractivity contribution in [3.8, 4) is 0 Å². The molecule has 0 saturated carbocycles. The molecule has 0 unspecified atom stereocenters. The Balaban J connectivity index is 1.27. The maximum absolute atomic E-state index is 2.73. The molecule has 4 aliphatic rings. The van der Waals surface area contributed by atoms with E-state index >= 15 is 0 Å². The summed E-state index contributed by atoms with van der Waals surface area (Å²) in [7, 11) is 0. The summed E-state index contributed by atoms with van der Waals surface area (Å²) in [6.07, 6.45) is 4.66. The van der Waals surface area contributed by atoms with Crippen molar-refractivity contribution in [2.24, 2.45) is 0 Å². The summed E-state index contributed by atoms with van der Waals surface area (Å²) in [6.45, 7) is 38.5. The van der Waals surface area contributed by atoms with E-state index in [4.69, 9.17) is 0 Å². The average Bonchev–Trinajstić information content (AvgIpc) is 3.80. The van der Waals surface area contributed by atoms with Gasteiger partial charge in [-0.1, -0.05) is 164 Å². The number of rotatable bonds is 5. The zero-order chi connectivity index (χ0) is 53.1. The number of benzene rings is 7. The van der Waals surface area contributed by atoms with Crippen LogP contribution in [-0.4, -0.2) is 6.71 Å².